The maximum Gasteiger partial charge on any atom is 0.243 e. The number of rotatable bonds is 5. The van der Waals surface area contributed by atoms with Crippen LogP contribution < -0.4 is 10.1 Å². The Bertz CT molecular complexity index is 849. The third-order valence-electron chi connectivity index (χ3n) is 5.24. The predicted molar refractivity (Wildman–Crippen MR) is 105 cm³/mol. The predicted octanol–water partition coefficient (Wildman–Crippen LogP) is 1.82. The van der Waals surface area contributed by atoms with Gasteiger partial charge in [0.2, 0.25) is 21.8 Å². The Balaban J connectivity index is 1.93. The molecule has 2 fully saturated rings. The fraction of sp³-hybridized carbons (Fsp3) is 0.579. The van der Waals surface area contributed by atoms with E-state index in [0.717, 1.165) is 25.7 Å². The highest BCUT2D eigenvalue weighted by molar-refractivity contribution is 7.89. The van der Waals surface area contributed by atoms with Gasteiger partial charge in [-0.25, -0.2) is 8.42 Å². The number of ether oxygens (including phenoxy) is 1. The second-order valence-corrected chi connectivity index (χ2v) is 9.09. The Kier molecular flexibility index (Phi) is 6.24. The number of carbonyl (C=O) groups is 2. The number of hydrogen-bond donors (Lipinski definition) is 1. The van der Waals surface area contributed by atoms with Crippen LogP contribution in [0.15, 0.2) is 23.1 Å². The largest absolute Gasteiger partial charge is 0.495 e. The summed E-state index contributed by atoms with van der Waals surface area (Å²) in [6, 6.07) is 3.69. The van der Waals surface area contributed by atoms with E-state index >= 15 is 0 Å². The number of nitrogens with zero attached hydrogens (tertiary/aromatic N) is 2. The Morgan fingerprint density at radius 2 is 1.79 bits per heavy atom. The van der Waals surface area contributed by atoms with E-state index in [1.54, 1.807) is 4.90 Å². The van der Waals surface area contributed by atoms with E-state index in [2.05, 4.69) is 5.32 Å². The van der Waals surface area contributed by atoms with E-state index in [1.165, 1.54) is 36.5 Å². The summed E-state index contributed by atoms with van der Waals surface area (Å²) in [5.41, 5.74) is 0.288. The molecule has 2 amide bonds. The average Bonchev–Trinajstić information content (AvgIpc) is 3.21. The quantitative estimate of drug-likeness (QED) is 0.800. The first-order valence-electron chi connectivity index (χ1n) is 9.61. The highest BCUT2D eigenvalue weighted by atomic mass is 32.2. The molecule has 2 saturated heterocycles. The van der Waals surface area contributed by atoms with Gasteiger partial charge in [0.25, 0.3) is 0 Å². The first-order chi connectivity index (χ1) is 13.3. The molecule has 0 spiro atoms. The molecule has 2 aliphatic heterocycles. The molecule has 0 unspecified atom stereocenters. The van der Waals surface area contributed by atoms with E-state index in [4.69, 9.17) is 4.74 Å². The van der Waals surface area contributed by atoms with Crippen molar-refractivity contribution in [2.45, 2.75) is 50.0 Å². The van der Waals surface area contributed by atoms with E-state index in [-0.39, 0.29) is 22.4 Å². The molecule has 0 aromatic heterocycles. The third kappa shape index (κ3) is 4.15. The van der Waals surface area contributed by atoms with Crippen molar-refractivity contribution in [1.29, 1.82) is 0 Å². The van der Waals surface area contributed by atoms with Gasteiger partial charge >= 0.3 is 0 Å². The van der Waals surface area contributed by atoms with Gasteiger partial charge in [-0.2, -0.15) is 4.31 Å². The summed E-state index contributed by atoms with van der Waals surface area (Å²) in [7, 11) is -2.44. The lowest BCUT2D eigenvalue weighted by Gasteiger charge is -2.35. The molecule has 2 aliphatic rings. The summed E-state index contributed by atoms with van der Waals surface area (Å²) < 4.78 is 33.2. The third-order valence-corrected chi connectivity index (χ3v) is 7.15. The number of piperidine rings is 1. The number of anilines is 1. The van der Waals surface area contributed by atoms with Gasteiger partial charge in [-0.15, -0.1) is 0 Å². The molecule has 1 aromatic carbocycles. The second kappa shape index (κ2) is 8.48. The van der Waals surface area contributed by atoms with Gasteiger partial charge in [0.1, 0.15) is 11.8 Å². The van der Waals surface area contributed by atoms with Crippen LogP contribution in [0.2, 0.25) is 0 Å². The molecule has 2 heterocycles. The Hall–Kier alpha value is -2.13. The maximum atomic E-state index is 13.4. The summed E-state index contributed by atoms with van der Waals surface area (Å²) in [5, 5.41) is 2.60. The molecule has 3 rings (SSSR count). The van der Waals surface area contributed by atoms with Crippen molar-refractivity contribution in [3.63, 3.8) is 0 Å². The van der Waals surface area contributed by atoms with Crippen molar-refractivity contribution >= 4 is 27.5 Å². The standard InChI is InChI=1S/C19H27N3O5S/c1-14(23)20-16-13-15(8-9-18(16)27-2)28(25,26)22-12-4-3-7-17(22)19(24)21-10-5-6-11-21/h8-9,13,17H,3-7,10-12H2,1-2H3,(H,20,23)/t17-/m0/s1. The minimum atomic E-state index is -3.89. The van der Waals surface area contributed by atoms with Crippen LogP contribution in [0, 0.1) is 0 Å². The van der Waals surface area contributed by atoms with E-state index in [0.29, 0.717) is 31.8 Å². The lowest BCUT2D eigenvalue weighted by atomic mass is 10.0. The lowest BCUT2D eigenvalue weighted by molar-refractivity contribution is -0.135. The highest BCUT2D eigenvalue weighted by Crippen LogP contribution is 2.32. The van der Waals surface area contributed by atoms with E-state index in [1.807, 2.05) is 0 Å². The summed E-state index contributed by atoms with van der Waals surface area (Å²) in [5.74, 6) is -0.0539. The number of likely N-dealkylation sites (tertiary alicyclic amines) is 1. The smallest absolute Gasteiger partial charge is 0.243 e. The fourth-order valence-corrected chi connectivity index (χ4v) is 5.54. The van der Waals surface area contributed by atoms with Crippen molar-refractivity contribution in [3.05, 3.63) is 18.2 Å². The first-order valence-corrected chi connectivity index (χ1v) is 11.0. The molecular formula is C19H27N3O5S. The molecule has 0 saturated carbocycles. The number of hydrogen-bond acceptors (Lipinski definition) is 5. The van der Waals surface area contributed by atoms with Gasteiger partial charge in [0, 0.05) is 26.6 Å². The number of amides is 2. The Labute approximate surface area is 165 Å². The van der Waals surface area contributed by atoms with Crippen LogP contribution >= 0.6 is 0 Å². The first kappa shape index (κ1) is 20.6. The van der Waals surface area contributed by atoms with Crippen molar-refractivity contribution in [2.24, 2.45) is 0 Å². The van der Waals surface area contributed by atoms with Crippen molar-refractivity contribution in [2.75, 3.05) is 32.1 Å². The number of sulfonamides is 1. The second-order valence-electron chi connectivity index (χ2n) is 7.20. The van der Waals surface area contributed by atoms with E-state index in [9.17, 15) is 18.0 Å². The number of carbonyl (C=O) groups excluding carboxylic acids is 2. The SMILES string of the molecule is COc1ccc(S(=O)(=O)N2CCCC[C@H]2C(=O)N2CCCC2)cc1NC(C)=O. The minimum absolute atomic E-state index is 0.0400. The van der Waals surface area contributed by atoms with Crippen molar-refractivity contribution < 1.29 is 22.7 Å². The molecule has 1 atom stereocenters. The van der Waals surface area contributed by atoms with Crippen LogP contribution in [0.4, 0.5) is 5.69 Å². The average molecular weight is 410 g/mol. The number of nitrogens with one attached hydrogen (secondary N) is 1. The normalized spacial score (nSPS) is 20.8. The highest BCUT2D eigenvalue weighted by Gasteiger charge is 2.40. The number of benzene rings is 1. The van der Waals surface area contributed by atoms with Gasteiger partial charge in [-0.1, -0.05) is 6.42 Å². The molecular weight excluding hydrogens is 382 g/mol. The summed E-state index contributed by atoms with van der Waals surface area (Å²) in [6.07, 6.45) is 4.00. The molecule has 0 bridgehead atoms. The monoisotopic (exact) mass is 409 g/mol. The van der Waals surface area contributed by atoms with Crippen molar-refractivity contribution in [1.82, 2.24) is 9.21 Å². The molecule has 8 nitrogen and oxygen atoms in total. The van der Waals surface area contributed by atoms with Gasteiger partial charge in [-0.3, -0.25) is 9.59 Å². The van der Waals surface area contributed by atoms with Crippen molar-refractivity contribution in [3.8, 4) is 5.75 Å². The Morgan fingerprint density at radius 1 is 1.11 bits per heavy atom. The van der Waals surface area contributed by atoms with Crippen LogP contribution in [0.5, 0.6) is 5.75 Å². The van der Waals surface area contributed by atoms with Gasteiger partial charge in [0.05, 0.1) is 17.7 Å². The zero-order valence-electron chi connectivity index (χ0n) is 16.3. The van der Waals surface area contributed by atoms with Gasteiger partial charge in [-0.05, 0) is 43.9 Å². The lowest BCUT2D eigenvalue weighted by Crippen LogP contribution is -2.52. The zero-order chi connectivity index (χ0) is 20.3. The van der Waals surface area contributed by atoms with Crippen LogP contribution in [0.25, 0.3) is 0 Å². The molecule has 1 N–H and O–H groups in total. The van der Waals surface area contributed by atoms with Gasteiger partial charge < -0.3 is 15.0 Å². The Morgan fingerprint density at radius 3 is 2.43 bits per heavy atom. The minimum Gasteiger partial charge on any atom is -0.495 e. The topological polar surface area (TPSA) is 96.0 Å². The van der Waals surface area contributed by atoms with Crippen LogP contribution in [0.3, 0.4) is 0 Å². The molecule has 0 aliphatic carbocycles. The van der Waals surface area contributed by atoms with Gasteiger partial charge in [0.15, 0.2) is 0 Å². The molecule has 154 valence electrons. The van der Waals surface area contributed by atoms with Crippen LogP contribution in [0.1, 0.15) is 39.0 Å². The maximum absolute atomic E-state index is 13.4. The molecule has 0 radical (unpaired) electrons. The molecule has 1 aromatic rings. The summed E-state index contributed by atoms with van der Waals surface area (Å²) in [4.78, 5) is 26.2. The molecule has 28 heavy (non-hydrogen) atoms. The molecule has 9 heteroatoms. The van der Waals surface area contributed by atoms with E-state index < -0.39 is 16.1 Å². The zero-order valence-corrected chi connectivity index (χ0v) is 17.1. The summed E-state index contributed by atoms with van der Waals surface area (Å²) in [6.45, 7) is 3.04. The number of methoxy groups -OCH3 is 1. The summed E-state index contributed by atoms with van der Waals surface area (Å²) >= 11 is 0. The van der Waals surface area contributed by atoms with Crippen LogP contribution in [-0.2, 0) is 19.6 Å². The van der Waals surface area contributed by atoms with Crippen LogP contribution in [-0.4, -0.2) is 62.2 Å². The fourth-order valence-electron chi connectivity index (χ4n) is 3.86.